The molecule has 0 atom stereocenters. The quantitative estimate of drug-likeness (QED) is 0.615. The van der Waals surface area contributed by atoms with E-state index in [4.69, 9.17) is 11.6 Å². The number of nitrogens with one attached hydrogen (secondary N) is 3. The van der Waals surface area contributed by atoms with Crippen molar-refractivity contribution in [3.05, 3.63) is 35.6 Å². The maximum Gasteiger partial charge on any atom is 0.162 e. The monoisotopic (exact) mass is 356 g/mol. The second-order valence-corrected chi connectivity index (χ2v) is 6.97. The predicted octanol–water partition coefficient (Wildman–Crippen LogP) is 4.74. The van der Waals surface area contributed by atoms with E-state index in [1.165, 1.54) is 38.4 Å². The Bertz CT molecular complexity index is 856. The third-order valence-electron chi connectivity index (χ3n) is 4.73. The summed E-state index contributed by atoms with van der Waals surface area (Å²) < 4.78 is 0. The fourth-order valence-corrected chi connectivity index (χ4v) is 3.61. The molecule has 1 fully saturated rings. The average Bonchev–Trinajstić information content (AvgIpc) is 3.05. The molecule has 2 aromatic heterocycles. The summed E-state index contributed by atoms with van der Waals surface area (Å²) >= 11 is 6.07. The second-order valence-electron chi connectivity index (χ2n) is 6.54. The first-order valence-electron chi connectivity index (χ1n) is 8.75. The van der Waals surface area contributed by atoms with Crippen LogP contribution in [0.5, 0.6) is 0 Å². The molecule has 130 valence electrons. The van der Waals surface area contributed by atoms with Crippen LogP contribution in [0.2, 0.25) is 5.02 Å². The molecule has 0 spiro atoms. The van der Waals surface area contributed by atoms with Crippen molar-refractivity contribution in [3.8, 4) is 0 Å². The lowest BCUT2D eigenvalue weighted by Gasteiger charge is -2.21. The van der Waals surface area contributed by atoms with Crippen molar-refractivity contribution in [1.82, 2.24) is 20.2 Å². The lowest BCUT2D eigenvalue weighted by Crippen LogP contribution is -2.17. The van der Waals surface area contributed by atoms with E-state index in [0.29, 0.717) is 16.5 Å². The molecule has 3 aromatic rings. The van der Waals surface area contributed by atoms with Crippen LogP contribution in [-0.2, 0) is 0 Å². The summed E-state index contributed by atoms with van der Waals surface area (Å²) in [6.07, 6.45) is 8.14. The lowest BCUT2D eigenvalue weighted by atomic mass is 9.89. The third kappa shape index (κ3) is 3.69. The number of halogens is 1. The summed E-state index contributed by atoms with van der Waals surface area (Å²) in [5.74, 6) is 2.23. The van der Waals surface area contributed by atoms with Gasteiger partial charge in [0.05, 0.1) is 0 Å². The SMILES string of the molecule is Clc1cccc(Nc2ncnc3[nH]nc(NCC4CCCCC4)c23)c1. The van der Waals surface area contributed by atoms with Gasteiger partial charge in [-0.05, 0) is 37.0 Å². The zero-order valence-corrected chi connectivity index (χ0v) is 14.7. The maximum atomic E-state index is 6.07. The number of benzene rings is 1. The molecule has 6 nitrogen and oxygen atoms in total. The first-order valence-corrected chi connectivity index (χ1v) is 9.13. The van der Waals surface area contributed by atoms with Gasteiger partial charge in [-0.1, -0.05) is 36.9 Å². The second kappa shape index (κ2) is 7.27. The van der Waals surface area contributed by atoms with Gasteiger partial charge in [0.25, 0.3) is 0 Å². The van der Waals surface area contributed by atoms with Gasteiger partial charge in [-0.3, -0.25) is 5.10 Å². The van der Waals surface area contributed by atoms with Gasteiger partial charge in [-0.15, -0.1) is 0 Å². The van der Waals surface area contributed by atoms with Crippen LogP contribution in [-0.4, -0.2) is 26.7 Å². The predicted molar refractivity (Wildman–Crippen MR) is 101 cm³/mol. The number of hydrogen-bond acceptors (Lipinski definition) is 5. The van der Waals surface area contributed by atoms with Gasteiger partial charge < -0.3 is 10.6 Å². The minimum absolute atomic E-state index is 0.679. The number of aromatic nitrogens is 4. The molecule has 0 aliphatic heterocycles. The van der Waals surface area contributed by atoms with Crippen molar-refractivity contribution < 1.29 is 0 Å². The van der Waals surface area contributed by atoms with Crippen molar-refractivity contribution >= 4 is 40.0 Å². The molecular formula is C18H21ClN6. The largest absolute Gasteiger partial charge is 0.368 e. The minimum atomic E-state index is 0.679. The number of fused-ring (bicyclic) bond motifs is 1. The Morgan fingerprint density at radius 2 is 2.00 bits per heavy atom. The van der Waals surface area contributed by atoms with Crippen molar-refractivity contribution in [2.75, 3.05) is 17.2 Å². The normalized spacial score (nSPS) is 15.4. The fraction of sp³-hybridized carbons (Fsp3) is 0.389. The van der Waals surface area contributed by atoms with Crippen LogP contribution < -0.4 is 10.6 Å². The van der Waals surface area contributed by atoms with E-state index in [-0.39, 0.29) is 0 Å². The van der Waals surface area contributed by atoms with Crippen LogP contribution in [0, 0.1) is 5.92 Å². The minimum Gasteiger partial charge on any atom is -0.368 e. The zero-order valence-electron chi connectivity index (χ0n) is 13.9. The Kier molecular flexibility index (Phi) is 4.70. The summed E-state index contributed by atoms with van der Waals surface area (Å²) in [5, 5.41) is 15.7. The van der Waals surface area contributed by atoms with Crippen LogP contribution in [0.25, 0.3) is 11.0 Å². The molecular weight excluding hydrogens is 336 g/mol. The number of H-pyrrole nitrogens is 1. The highest BCUT2D eigenvalue weighted by Gasteiger charge is 2.17. The van der Waals surface area contributed by atoms with E-state index < -0.39 is 0 Å². The topological polar surface area (TPSA) is 78.5 Å². The van der Waals surface area contributed by atoms with E-state index in [1.54, 1.807) is 0 Å². The molecule has 0 bridgehead atoms. The molecule has 0 radical (unpaired) electrons. The molecule has 0 unspecified atom stereocenters. The van der Waals surface area contributed by atoms with E-state index in [0.717, 1.165) is 29.4 Å². The molecule has 1 aromatic carbocycles. The van der Waals surface area contributed by atoms with E-state index in [9.17, 15) is 0 Å². The van der Waals surface area contributed by atoms with Gasteiger partial charge in [0.2, 0.25) is 0 Å². The standard InChI is InChI=1S/C18H21ClN6/c19-13-7-4-8-14(9-13)23-16-15-17(24-25-18(15)22-11-21-16)20-10-12-5-2-1-3-6-12/h4,7-9,11-12H,1-3,5-6,10H2,(H3,20,21,22,23,24,25). The number of rotatable bonds is 5. The van der Waals surface area contributed by atoms with Crippen LogP contribution in [0.1, 0.15) is 32.1 Å². The first kappa shape index (κ1) is 16.1. The van der Waals surface area contributed by atoms with Gasteiger partial charge in [0.15, 0.2) is 11.5 Å². The Balaban J connectivity index is 1.58. The van der Waals surface area contributed by atoms with Crippen molar-refractivity contribution in [2.45, 2.75) is 32.1 Å². The van der Waals surface area contributed by atoms with E-state index in [1.807, 2.05) is 24.3 Å². The molecule has 1 aliphatic carbocycles. The highest BCUT2D eigenvalue weighted by atomic mass is 35.5. The molecule has 1 aliphatic rings. The fourth-order valence-electron chi connectivity index (χ4n) is 3.42. The highest BCUT2D eigenvalue weighted by Crippen LogP contribution is 2.30. The van der Waals surface area contributed by atoms with Crippen molar-refractivity contribution in [1.29, 1.82) is 0 Å². The summed E-state index contributed by atoms with van der Waals surface area (Å²) in [7, 11) is 0. The smallest absolute Gasteiger partial charge is 0.162 e. The van der Waals surface area contributed by atoms with Gasteiger partial charge in [-0.2, -0.15) is 5.10 Å². The van der Waals surface area contributed by atoms with E-state index in [2.05, 4.69) is 30.8 Å². The summed E-state index contributed by atoms with van der Waals surface area (Å²) in [5.41, 5.74) is 1.60. The molecule has 0 saturated heterocycles. The maximum absolute atomic E-state index is 6.07. The van der Waals surface area contributed by atoms with Crippen LogP contribution >= 0.6 is 11.6 Å². The highest BCUT2D eigenvalue weighted by molar-refractivity contribution is 6.30. The number of aromatic amines is 1. The van der Waals surface area contributed by atoms with Crippen LogP contribution in [0.15, 0.2) is 30.6 Å². The van der Waals surface area contributed by atoms with Gasteiger partial charge in [0.1, 0.15) is 17.5 Å². The Hall–Kier alpha value is -2.34. The molecule has 3 N–H and O–H groups in total. The Labute approximate surface area is 151 Å². The Morgan fingerprint density at radius 1 is 1.12 bits per heavy atom. The lowest BCUT2D eigenvalue weighted by molar-refractivity contribution is 0.373. The molecule has 2 heterocycles. The third-order valence-corrected chi connectivity index (χ3v) is 4.96. The number of anilines is 3. The van der Waals surface area contributed by atoms with Gasteiger partial charge in [0, 0.05) is 17.3 Å². The molecule has 1 saturated carbocycles. The summed E-state index contributed by atoms with van der Waals surface area (Å²) in [6.45, 7) is 0.936. The molecule has 25 heavy (non-hydrogen) atoms. The average molecular weight is 357 g/mol. The van der Waals surface area contributed by atoms with Gasteiger partial charge >= 0.3 is 0 Å². The Morgan fingerprint density at radius 3 is 2.84 bits per heavy atom. The van der Waals surface area contributed by atoms with E-state index >= 15 is 0 Å². The molecule has 7 heteroatoms. The summed E-state index contributed by atoms with van der Waals surface area (Å²) in [6, 6.07) is 7.57. The summed E-state index contributed by atoms with van der Waals surface area (Å²) in [4.78, 5) is 8.68. The van der Waals surface area contributed by atoms with Crippen LogP contribution in [0.4, 0.5) is 17.3 Å². The van der Waals surface area contributed by atoms with Gasteiger partial charge in [-0.25, -0.2) is 9.97 Å². The zero-order chi connectivity index (χ0) is 17.1. The molecule has 0 amide bonds. The van der Waals surface area contributed by atoms with Crippen molar-refractivity contribution in [2.24, 2.45) is 5.92 Å². The van der Waals surface area contributed by atoms with Crippen LogP contribution in [0.3, 0.4) is 0 Å². The first-order chi connectivity index (χ1) is 12.3. The molecule has 4 rings (SSSR count). The number of hydrogen-bond donors (Lipinski definition) is 3. The van der Waals surface area contributed by atoms with Crippen molar-refractivity contribution in [3.63, 3.8) is 0 Å². The number of nitrogens with zero attached hydrogens (tertiary/aromatic N) is 3.